The normalized spacial score (nSPS) is 11.7. The maximum absolute atomic E-state index is 10.2. The zero-order valence-corrected chi connectivity index (χ0v) is 14.2. The van der Waals surface area contributed by atoms with E-state index in [-0.39, 0.29) is 5.75 Å². The van der Waals surface area contributed by atoms with E-state index in [0.717, 1.165) is 28.6 Å². The Bertz CT molecular complexity index is 655. The van der Waals surface area contributed by atoms with Crippen molar-refractivity contribution in [3.8, 4) is 5.75 Å². The topological polar surface area (TPSA) is 32.6 Å². The molecule has 0 saturated heterocycles. The molecule has 0 aromatic heterocycles. The van der Waals surface area contributed by atoms with Crippen LogP contribution in [0.2, 0.25) is 5.02 Å². The number of hydrogen-bond acceptors (Lipinski definition) is 2. The molecule has 4 heteroatoms. The second-order valence-corrected chi connectivity index (χ2v) is 6.05. The summed E-state index contributed by atoms with van der Waals surface area (Å²) in [5, 5.41) is 10.8. The van der Waals surface area contributed by atoms with Crippen molar-refractivity contribution in [2.45, 2.75) is 19.8 Å². The van der Waals surface area contributed by atoms with Crippen LogP contribution in [0.4, 0.5) is 0 Å². The average molecular weight is 367 g/mol. The number of phenols is 1. The fourth-order valence-corrected chi connectivity index (χ4v) is 2.60. The summed E-state index contributed by atoms with van der Waals surface area (Å²) in [5.41, 5.74) is 2.25. The number of hydrogen-bond donors (Lipinski definition) is 1. The minimum Gasteiger partial charge on any atom is -0.507 e. The zero-order chi connectivity index (χ0) is 15.2. The van der Waals surface area contributed by atoms with Crippen LogP contribution in [-0.4, -0.2) is 17.4 Å². The van der Waals surface area contributed by atoms with Crippen molar-refractivity contribution in [3.63, 3.8) is 0 Å². The SMILES string of the molecule is CCCCN=C(c1cc(Br)ccc1O)c1ccccc1Cl. The number of aliphatic imine (C=N–C) groups is 1. The smallest absolute Gasteiger partial charge is 0.125 e. The largest absolute Gasteiger partial charge is 0.507 e. The summed E-state index contributed by atoms with van der Waals surface area (Å²) >= 11 is 9.74. The molecule has 0 atom stereocenters. The first kappa shape index (κ1) is 16.1. The van der Waals surface area contributed by atoms with Gasteiger partial charge in [0.05, 0.1) is 5.71 Å². The standard InChI is InChI=1S/C17H17BrClNO/c1-2-3-10-20-17(13-6-4-5-7-15(13)19)14-11-12(18)8-9-16(14)21/h4-9,11,21H,2-3,10H2,1H3. The van der Waals surface area contributed by atoms with Gasteiger partial charge in [0.2, 0.25) is 0 Å². The van der Waals surface area contributed by atoms with Gasteiger partial charge in [-0.2, -0.15) is 0 Å². The highest BCUT2D eigenvalue weighted by Gasteiger charge is 2.14. The van der Waals surface area contributed by atoms with Crippen molar-refractivity contribution >= 4 is 33.2 Å². The van der Waals surface area contributed by atoms with Crippen LogP contribution in [0.15, 0.2) is 51.9 Å². The van der Waals surface area contributed by atoms with E-state index in [1.807, 2.05) is 30.3 Å². The minimum atomic E-state index is 0.202. The second kappa shape index (κ2) is 7.62. The van der Waals surface area contributed by atoms with Crippen LogP contribution in [0.25, 0.3) is 0 Å². The van der Waals surface area contributed by atoms with E-state index in [4.69, 9.17) is 11.6 Å². The monoisotopic (exact) mass is 365 g/mol. The van der Waals surface area contributed by atoms with E-state index >= 15 is 0 Å². The summed E-state index contributed by atoms with van der Waals surface area (Å²) in [6.45, 7) is 2.84. The molecule has 0 fully saturated rings. The predicted molar refractivity (Wildman–Crippen MR) is 92.7 cm³/mol. The van der Waals surface area contributed by atoms with Gasteiger partial charge < -0.3 is 5.11 Å². The number of halogens is 2. The Balaban J connectivity index is 2.54. The quantitative estimate of drug-likeness (QED) is 0.554. The van der Waals surface area contributed by atoms with Crippen LogP contribution in [0, 0.1) is 0 Å². The first-order chi connectivity index (χ1) is 10.1. The van der Waals surface area contributed by atoms with Crippen molar-refractivity contribution in [3.05, 3.63) is 63.1 Å². The Morgan fingerprint density at radius 1 is 1.19 bits per heavy atom. The number of rotatable bonds is 5. The van der Waals surface area contributed by atoms with E-state index < -0.39 is 0 Å². The first-order valence-electron chi connectivity index (χ1n) is 6.91. The van der Waals surface area contributed by atoms with Gasteiger partial charge in [-0.3, -0.25) is 4.99 Å². The first-order valence-corrected chi connectivity index (χ1v) is 8.08. The summed E-state index contributed by atoms with van der Waals surface area (Å²) in [5.74, 6) is 0.202. The van der Waals surface area contributed by atoms with Gasteiger partial charge in [0.1, 0.15) is 5.75 Å². The summed E-state index contributed by atoms with van der Waals surface area (Å²) in [6, 6.07) is 12.9. The summed E-state index contributed by atoms with van der Waals surface area (Å²) in [6.07, 6.45) is 2.08. The molecule has 0 amide bonds. The fourth-order valence-electron chi connectivity index (χ4n) is 2.02. The van der Waals surface area contributed by atoms with Gasteiger partial charge in [-0.05, 0) is 30.7 Å². The molecule has 0 spiro atoms. The third kappa shape index (κ3) is 4.08. The molecule has 21 heavy (non-hydrogen) atoms. The van der Waals surface area contributed by atoms with Crippen molar-refractivity contribution < 1.29 is 5.11 Å². The number of unbranched alkanes of at least 4 members (excludes halogenated alkanes) is 1. The second-order valence-electron chi connectivity index (χ2n) is 4.73. The van der Waals surface area contributed by atoms with Crippen LogP contribution in [-0.2, 0) is 0 Å². The summed E-state index contributed by atoms with van der Waals surface area (Å²) < 4.78 is 0.894. The number of aromatic hydroxyl groups is 1. The maximum Gasteiger partial charge on any atom is 0.125 e. The van der Waals surface area contributed by atoms with Gasteiger partial charge in [0.15, 0.2) is 0 Å². The molecule has 0 heterocycles. The Morgan fingerprint density at radius 2 is 1.95 bits per heavy atom. The van der Waals surface area contributed by atoms with Gasteiger partial charge in [-0.25, -0.2) is 0 Å². The Hall–Kier alpha value is -1.32. The predicted octanol–water partition coefficient (Wildman–Crippen LogP) is 5.45. The van der Waals surface area contributed by atoms with Crippen molar-refractivity contribution in [2.24, 2.45) is 4.99 Å². The minimum absolute atomic E-state index is 0.202. The third-order valence-electron chi connectivity index (χ3n) is 3.12. The van der Waals surface area contributed by atoms with E-state index in [1.165, 1.54) is 0 Å². The van der Waals surface area contributed by atoms with Crippen molar-refractivity contribution in [1.29, 1.82) is 0 Å². The van der Waals surface area contributed by atoms with E-state index in [9.17, 15) is 5.11 Å². The molecule has 0 unspecified atom stereocenters. The van der Waals surface area contributed by atoms with Crippen LogP contribution in [0.3, 0.4) is 0 Å². The molecule has 0 aliphatic carbocycles. The maximum atomic E-state index is 10.2. The van der Waals surface area contributed by atoms with Crippen molar-refractivity contribution in [2.75, 3.05) is 6.54 Å². The number of benzene rings is 2. The molecule has 0 radical (unpaired) electrons. The van der Waals surface area contributed by atoms with Gasteiger partial charge in [0.25, 0.3) is 0 Å². The van der Waals surface area contributed by atoms with Crippen LogP contribution in [0.5, 0.6) is 5.75 Å². The number of nitrogens with zero attached hydrogens (tertiary/aromatic N) is 1. The highest BCUT2D eigenvalue weighted by molar-refractivity contribution is 9.10. The zero-order valence-electron chi connectivity index (χ0n) is 11.8. The molecule has 2 rings (SSSR count). The highest BCUT2D eigenvalue weighted by atomic mass is 79.9. The lowest BCUT2D eigenvalue weighted by atomic mass is 10.0. The van der Waals surface area contributed by atoms with Crippen LogP contribution in [0.1, 0.15) is 30.9 Å². The molecule has 0 bridgehead atoms. The van der Waals surface area contributed by atoms with E-state index in [0.29, 0.717) is 17.1 Å². The lowest BCUT2D eigenvalue weighted by Gasteiger charge is -2.11. The van der Waals surface area contributed by atoms with Gasteiger partial charge >= 0.3 is 0 Å². The van der Waals surface area contributed by atoms with E-state index in [1.54, 1.807) is 12.1 Å². The van der Waals surface area contributed by atoms with Crippen LogP contribution >= 0.6 is 27.5 Å². The Morgan fingerprint density at radius 3 is 2.67 bits per heavy atom. The van der Waals surface area contributed by atoms with Gasteiger partial charge in [-0.1, -0.05) is 59.1 Å². The van der Waals surface area contributed by atoms with Gasteiger partial charge in [0, 0.05) is 27.2 Å². The summed E-state index contributed by atoms with van der Waals surface area (Å²) in [4.78, 5) is 4.67. The fraction of sp³-hybridized carbons (Fsp3) is 0.235. The molecule has 1 N–H and O–H groups in total. The Labute approximate surface area is 138 Å². The van der Waals surface area contributed by atoms with E-state index in [2.05, 4.69) is 27.8 Å². The molecule has 2 nitrogen and oxygen atoms in total. The average Bonchev–Trinajstić information content (AvgIpc) is 2.48. The van der Waals surface area contributed by atoms with Gasteiger partial charge in [-0.15, -0.1) is 0 Å². The molecule has 2 aromatic rings. The third-order valence-corrected chi connectivity index (χ3v) is 3.95. The molecule has 0 saturated carbocycles. The lowest BCUT2D eigenvalue weighted by molar-refractivity contribution is 0.474. The van der Waals surface area contributed by atoms with Crippen LogP contribution < -0.4 is 0 Å². The lowest BCUT2D eigenvalue weighted by Crippen LogP contribution is -2.06. The molecule has 110 valence electrons. The molecule has 0 aliphatic rings. The Kier molecular flexibility index (Phi) is 5.83. The highest BCUT2D eigenvalue weighted by Crippen LogP contribution is 2.28. The van der Waals surface area contributed by atoms with Crippen molar-refractivity contribution in [1.82, 2.24) is 0 Å². The summed E-state index contributed by atoms with van der Waals surface area (Å²) in [7, 11) is 0. The molecular weight excluding hydrogens is 350 g/mol. The number of phenolic OH excluding ortho intramolecular Hbond substituents is 1. The molecule has 2 aromatic carbocycles. The molecule has 0 aliphatic heterocycles. The molecular formula is C17H17BrClNO.